The standard InChI is InChI=1S/C10H14N2O3/c13-8-5-9(14)12(10(15)11-8)6-7-3-1-2-4-7/h7H,1-6H2,(H,11,13,15). The van der Waals surface area contributed by atoms with Crippen LogP contribution in [0.5, 0.6) is 0 Å². The number of rotatable bonds is 2. The summed E-state index contributed by atoms with van der Waals surface area (Å²) in [5.74, 6) is -0.434. The van der Waals surface area contributed by atoms with Crippen molar-refractivity contribution in [3.8, 4) is 0 Å². The van der Waals surface area contributed by atoms with E-state index >= 15 is 0 Å². The molecule has 0 aromatic carbocycles. The van der Waals surface area contributed by atoms with E-state index in [1.54, 1.807) is 0 Å². The highest BCUT2D eigenvalue weighted by Gasteiger charge is 2.32. The maximum absolute atomic E-state index is 11.4. The summed E-state index contributed by atoms with van der Waals surface area (Å²) >= 11 is 0. The van der Waals surface area contributed by atoms with Gasteiger partial charge in [-0.1, -0.05) is 12.8 Å². The average Bonchev–Trinajstić information content (AvgIpc) is 2.63. The number of imide groups is 2. The van der Waals surface area contributed by atoms with Crippen LogP contribution in [0.15, 0.2) is 0 Å². The Kier molecular flexibility index (Phi) is 2.70. The first-order chi connectivity index (χ1) is 7.16. The van der Waals surface area contributed by atoms with Crippen molar-refractivity contribution < 1.29 is 14.4 Å². The van der Waals surface area contributed by atoms with Gasteiger partial charge >= 0.3 is 6.03 Å². The zero-order valence-corrected chi connectivity index (χ0v) is 8.49. The molecule has 0 bridgehead atoms. The Labute approximate surface area is 87.8 Å². The number of barbiturate groups is 1. The molecule has 82 valence electrons. The van der Waals surface area contributed by atoms with E-state index in [1.165, 1.54) is 17.7 Å². The SMILES string of the molecule is O=C1CC(=O)N(CC2CCCC2)C(=O)N1. The smallest absolute Gasteiger partial charge is 0.277 e. The van der Waals surface area contributed by atoms with E-state index in [-0.39, 0.29) is 12.3 Å². The molecule has 1 N–H and O–H groups in total. The van der Waals surface area contributed by atoms with Crippen molar-refractivity contribution in [2.75, 3.05) is 6.54 Å². The molecule has 1 heterocycles. The van der Waals surface area contributed by atoms with Gasteiger partial charge in [-0.15, -0.1) is 0 Å². The molecule has 0 radical (unpaired) electrons. The number of carbonyl (C=O) groups is 3. The summed E-state index contributed by atoms with van der Waals surface area (Å²) in [5.41, 5.74) is 0. The van der Waals surface area contributed by atoms with Crippen LogP contribution >= 0.6 is 0 Å². The van der Waals surface area contributed by atoms with Crippen molar-refractivity contribution >= 4 is 17.8 Å². The summed E-state index contributed by atoms with van der Waals surface area (Å²) < 4.78 is 0. The molecule has 1 saturated carbocycles. The van der Waals surface area contributed by atoms with Gasteiger partial charge in [-0.2, -0.15) is 0 Å². The van der Waals surface area contributed by atoms with Gasteiger partial charge in [0.2, 0.25) is 11.8 Å². The van der Waals surface area contributed by atoms with Gasteiger partial charge in [-0.25, -0.2) is 4.79 Å². The Hall–Kier alpha value is -1.39. The molecular weight excluding hydrogens is 196 g/mol. The van der Waals surface area contributed by atoms with Gasteiger partial charge in [0.25, 0.3) is 0 Å². The molecule has 0 unspecified atom stereocenters. The van der Waals surface area contributed by atoms with E-state index < -0.39 is 11.9 Å². The maximum Gasteiger partial charge on any atom is 0.330 e. The van der Waals surface area contributed by atoms with Crippen LogP contribution in [0.3, 0.4) is 0 Å². The number of urea groups is 1. The molecule has 1 saturated heterocycles. The summed E-state index contributed by atoms with van der Waals surface area (Å²) in [6.07, 6.45) is 4.30. The van der Waals surface area contributed by atoms with Crippen LogP contribution in [-0.2, 0) is 9.59 Å². The lowest BCUT2D eigenvalue weighted by Gasteiger charge is -2.26. The third-order valence-corrected chi connectivity index (χ3v) is 3.02. The summed E-state index contributed by atoms with van der Waals surface area (Å²) in [4.78, 5) is 34.9. The van der Waals surface area contributed by atoms with Crippen molar-refractivity contribution in [2.45, 2.75) is 32.1 Å². The van der Waals surface area contributed by atoms with E-state index in [0.29, 0.717) is 12.5 Å². The maximum atomic E-state index is 11.4. The molecule has 0 aromatic heterocycles. The highest BCUT2D eigenvalue weighted by atomic mass is 16.2. The lowest BCUT2D eigenvalue weighted by Crippen LogP contribution is -2.53. The van der Waals surface area contributed by atoms with Crippen LogP contribution in [0.4, 0.5) is 4.79 Å². The topological polar surface area (TPSA) is 66.5 Å². The van der Waals surface area contributed by atoms with Crippen molar-refractivity contribution in [3.63, 3.8) is 0 Å². The van der Waals surface area contributed by atoms with E-state index in [1.807, 2.05) is 0 Å². The van der Waals surface area contributed by atoms with Gasteiger partial charge in [-0.3, -0.25) is 19.8 Å². The second-order valence-corrected chi connectivity index (χ2v) is 4.18. The molecule has 4 amide bonds. The van der Waals surface area contributed by atoms with Gasteiger partial charge in [0, 0.05) is 6.54 Å². The number of carbonyl (C=O) groups excluding carboxylic acids is 3. The first-order valence-corrected chi connectivity index (χ1v) is 5.31. The minimum absolute atomic E-state index is 0.196. The molecule has 1 aliphatic carbocycles. The summed E-state index contributed by atoms with van der Waals surface area (Å²) in [5, 5.41) is 2.16. The van der Waals surface area contributed by atoms with Crippen LogP contribution in [0.25, 0.3) is 0 Å². The van der Waals surface area contributed by atoms with Gasteiger partial charge in [0.1, 0.15) is 6.42 Å². The second kappa shape index (κ2) is 4.00. The molecule has 2 rings (SSSR count). The van der Waals surface area contributed by atoms with Crippen molar-refractivity contribution in [1.29, 1.82) is 0 Å². The first kappa shape index (κ1) is 10.1. The third-order valence-electron chi connectivity index (χ3n) is 3.02. The molecule has 0 spiro atoms. The number of hydrogen-bond acceptors (Lipinski definition) is 3. The van der Waals surface area contributed by atoms with E-state index in [0.717, 1.165) is 12.8 Å². The fourth-order valence-electron chi connectivity index (χ4n) is 2.21. The predicted octanol–water partition coefficient (Wildman–Crippen LogP) is 0.645. The van der Waals surface area contributed by atoms with Crippen LogP contribution in [-0.4, -0.2) is 29.3 Å². The van der Waals surface area contributed by atoms with E-state index in [4.69, 9.17) is 0 Å². The fourth-order valence-corrected chi connectivity index (χ4v) is 2.21. The van der Waals surface area contributed by atoms with Crippen LogP contribution < -0.4 is 5.32 Å². The molecule has 0 aromatic rings. The average molecular weight is 210 g/mol. The molecule has 5 heteroatoms. The van der Waals surface area contributed by atoms with Crippen molar-refractivity contribution in [1.82, 2.24) is 10.2 Å². The van der Waals surface area contributed by atoms with Crippen molar-refractivity contribution in [2.24, 2.45) is 5.92 Å². The molecule has 5 nitrogen and oxygen atoms in total. The number of nitrogens with zero attached hydrogens (tertiary/aromatic N) is 1. The minimum atomic E-state index is -0.553. The largest absolute Gasteiger partial charge is 0.330 e. The Balaban J connectivity index is 1.97. The quantitative estimate of drug-likeness (QED) is 0.680. The van der Waals surface area contributed by atoms with E-state index in [2.05, 4.69) is 5.32 Å². The number of hydrogen-bond donors (Lipinski definition) is 1. The van der Waals surface area contributed by atoms with Crippen molar-refractivity contribution in [3.05, 3.63) is 0 Å². The van der Waals surface area contributed by atoms with Crippen LogP contribution in [0.1, 0.15) is 32.1 Å². The molecular formula is C10H14N2O3. The monoisotopic (exact) mass is 210 g/mol. The second-order valence-electron chi connectivity index (χ2n) is 4.18. The highest BCUT2D eigenvalue weighted by Crippen LogP contribution is 2.26. The van der Waals surface area contributed by atoms with Gasteiger partial charge in [0.15, 0.2) is 0 Å². The van der Waals surface area contributed by atoms with E-state index in [9.17, 15) is 14.4 Å². The molecule has 15 heavy (non-hydrogen) atoms. The van der Waals surface area contributed by atoms with Gasteiger partial charge in [0.05, 0.1) is 0 Å². The summed E-state index contributed by atoms with van der Waals surface area (Å²) in [6.45, 7) is 0.470. The minimum Gasteiger partial charge on any atom is -0.277 e. The molecule has 1 aliphatic heterocycles. The van der Waals surface area contributed by atoms with Crippen LogP contribution in [0.2, 0.25) is 0 Å². The number of amides is 4. The molecule has 0 atom stereocenters. The van der Waals surface area contributed by atoms with Gasteiger partial charge < -0.3 is 0 Å². The van der Waals surface area contributed by atoms with Gasteiger partial charge in [-0.05, 0) is 18.8 Å². The van der Waals surface area contributed by atoms with Crippen LogP contribution in [0, 0.1) is 5.92 Å². The Morgan fingerprint density at radius 3 is 2.47 bits per heavy atom. The third kappa shape index (κ3) is 2.16. The summed E-state index contributed by atoms with van der Waals surface area (Å²) in [6, 6.07) is -0.553. The summed E-state index contributed by atoms with van der Waals surface area (Å²) in [7, 11) is 0. The fraction of sp³-hybridized carbons (Fsp3) is 0.700. The highest BCUT2D eigenvalue weighted by molar-refractivity contribution is 6.14. The Morgan fingerprint density at radius 1 is 1.20 bits per heavy atom. The zero-order chi connectivity index (χ0) is 10.8. The number of nitrogens with one attached hydrogen (secondary N) is 1. The zero-order valence-electron chi connectivity index (χ0n) is 8.49. The Bertz CT molecular complexity index is 288. The molecule has 2 aliphatic rings. The Morgan fingerprint density at radius 2 is 1.87 bits per heavy atom. The predicted molar refractivity (Wildman–Crippen MR) is 51.8 cm³/mol. The lowest BCUT2D eigenvalue weighted by atomic mass is 10.1. The normalized spacial score (nSPS) is 23.5. The molecule has 2 fully saturated rings. The lowest BCUT2D eigenvalue weighted by molar-refractivity contribution is -0.136. The first-order valence-electron chi connectivity index (χ1n) is 5.31.